The largest absolute Gasteiger partial charge is 0.481 e. The van der Waals surface area contributed by atoms with Crippen LogP contribution in [0.15, 0.2) is 0 Å². The van der Waals surface area contributed by atoms with Gasteiger partial charge in [0.15, 0.2) is 0 Å². The highest BCUT2D eigenvalue weighted by atomic mass is 32.2. The molecule has 19 heavy (non-hydrogen) atoms. The van der Waals surface area contributed by atoms with Crippen LogP contribution in [-0.4, -0.2) is 68.1 Å². The first-order valence-electron chi connectivity index (χ1n) is 6.40. The fourth-order valence-electron chi connectivity index (χ4n) is 2.38. The molecule has 110 valence electrons. The van der Waals surface area contributed by atoms with Gasteiger partial charge in [0.1, 0.15) is 0 Å². The topological polar surface area (TPSA) is 93.1 Å². The Balaban J connectivity index is 1.93. The first kappa shape index (κ1) is 14.7. The Bertz CT molecular complexity index is 417. The summed E-state index contributed by atoms with van der Waals surface area (Å²) < 4.78 is 36.4. The molecule has 7 nitrogen and oxygen atoms in total. The molecule has 2 atom stereocenters. The van der Waals surface area contributed by atoms with E-state index >= 15 is 0 Å². The summed E-state index contributed by atoms with van der Waals surface area (Å²) in [6.45, 7) is 1.25. The second-order valence-corrected chi connectivity index (χ2v) is 6.88. The number of hydrogen-bond donors (Lipinski definition) is 1. The van der Waals surface area contributed by atoms with Gasteiger partial charge in [-0.1, -0.05) is 0 Å². The van der Waals surface area contributed by atoms with Gasteiger partial charge in [-0.15, -0.1) is 0 Å². The maximum absolute atomic E-state index is 12.2. The maximum Gasteiger partial charge on any atom is 0.306 e. The van der Waals surface area contributed by atoms with E-state index in [0.29, 0.717) is 6.61 Å². The Hall–Kier alpha value is -0.700. The van der Waals surface area contributed by atoms with Gasteiger partial charge < -0.3 is 14.6 Å². The predicted octanol–water partition coefficient (Wildman–Crippen LogP) is -0.329. The van der Waals surface area contributed by atoms with Gasteiger partial charge in [-0.2, -0.15) is 4.31 Å². The highest BCUT2D eigenvalue weighted by Crippen LogP contribution is 2.18. The molecule has 2 aliphatic heterocycles. The Kier molecular flexibility index (Phi) is 4.77. The first-order chi connectivity index (χ1) is 8.97. The number of nitrogens with zero attached hydrogens (tertiary/aromatic N) is 1. The third kappa shape index (κ3) is 4.13. The zero-order chi connectivity index (χ0) is 13.9. The van der Waals surface area contributed by atoms with Crippen molar-refractivity contribution in [2.24, 2.45) is 0 Å². The molecule has 2 fully saturated rings. The summed E-state index contributed by atoms with van der Waals surface area (Å²) in [6.07, 6.45) is 0.690. The highest BCUT2D eigenvalue weighted by molar-refractivity contribution is 7.89. The Morgan fingerprint density at radius 1 is 1.26 bits per heavy atom. The van der Waals surface area contributed by atoms with Crippen LogP contribution in [0.3, 0.4) is 0 Å². The van der Waals surface area contributed by atoms with Gasteiger partial charge >= 0.3 is 5.97 Å². The molecular formula is C11H19NO6S. The van der Waals surface area contributed by atoms with Gasteiger partial charge in [-0.05, 0) is 12.8 Å². The van der Waals surface area contributed by atoms with Gasteiger partial charge in [0.25, 0.3) is 0 Å². The molecular weight excluding hydrogens is 274 g/mol. The van der Waals surface area contributed by atoms with Crippen molar-refractivity contribution in [1.29, 1.82) is 0 Å². The van der Waals surface area contributed by atoms with Crippen LogP contribution in [0.4, 0.5) is 0 Å². The average molecular weight is 293 g/mol. The molecule has 2 unspecified atom stereocenters. The smallest absolute Gasteiger partial charge is 0.306 e. The monoisotopic (exact) mass is 293 g/mol. The van der Waals surface area contributed by atoms with E-state index in [0.717, 1.165) is 12.8 Å². The molecule has 0 spiro atoms. The molecule has 1 N–H and O–H groups in total. The number of aliphatic carboxylic acids is 1. The number of carboxylic acids is 1. The van der Waals surface area contributed by atoms with Crippen molar-refractivity contribution < 1.29 is 27.8 Å². The van der Waals surface area contributed by atoms with Crippen LogP contribution >= 0.6 is 0 Å². The molecule has 2 rings (SSSR count). The quantitative estimate of drug-likeness (QED) is 0.746. The lowest BCUT2D eigenvalue weighted by Crippen LogP contribution is -2.48. The minimum atomic E-state index is -3.40. The lowest BCUT2D eigenvalue weighted by Gasteiger charge is -2.32. The van der Waals surface area contributed by atoms with Crippen LogP contribution in [0.1, 0.15) is 19.3 Å². The minimum Gasteiger partial charge on any atom is -0.481 e. The summed E-state index contributed by atoms with van der Waals surface area (Å²) in [6, 6.07) is 0. The van der Waals surface area contributed by atoms with Crippen molar-refractivity contribution in [3.8, 4) is 0 Å². The van der Waals surface area contributed by atoms with E-state index in [4.69, 9.17) is 14.6 Å². The molecule has 2 saturated heterocycles. The Morgan fingerprint density at radius 2 is 2.00 bits per heavy atom. The van der Waals surface area contributed by atoms with Crippen LogP contribution in [0, 0.1) is 0 Å². The van der Waals surface area contributed by atoms with Gasteiger partial charge in [-0.25, -0.2) is 8.42 Å². The second kappa shape index (κ2) is 6.17. The van der Waals surface area contributed by atoms with Gasteiger partial charge in [0.05, 0.1) is 31.0 Å². The third-order valence-corrected chi connectivity index (χ3v) is 5.23. The van der Waals surface area contributed by atoms with Gasteiger partial charge in [-0.3, -0.25) is 4.79 Å². The van der Waals surface area contributed by atoms with Crippen molar-refractivity contribution >= 4 is 16.0 Å². The lowest BCUT2D eigenvalue weighted by molar-refractivity contribution is -0.141. The van der Waals surface area contributed by atoms with Crippen LogP contribution in [0.2, 0.25) is 0 Å². The Morgan fingerprint density at radius 3 is 2.63 bits per heavy atom. The number of carboxylic acid groups (broad SMARTS) is 1. The zero-order valence-corrected chi connectivity index (χ0v) is 11.5. The molecule has 0 aliphatic carbocycles. The van der Waals surface area contributed by atoms with Crippen LogP contribution < -0.4 is 0 Å². The molecule has 2 aliphatic rings. The molecule has 0 radical (unpaired) electrons. The number of ether oxygens (including phenoxy) is 2. The van der Waals surface area contributed by atoms with Crippen molar-refractivity contribution in [2.75, 3.05) is 32.1 Å². The molecule has 8 heteroatoms. The predicted molar refractivity (Wildman–Crippen MR) is 66.3 cm³/mol. The van der Waals surface area contributed by atoms with E-state index in [1.165, 1.54) is 4.31 Å². The van der Waals surface area contributed by atoms with Crippen molar-refractivity contribution in [3.05, 3.63) is 0 Å². The number of sulfonamides is 1. The fourth-order valence-corrected chi connectivity index (χ4v) is 4.07. The second-order valence-electron chi connectivity index (χ2n) is 4.86. The van der Waals surface area contributed by atoms with E-state index in [1.54, 1.807) is 0 Å². The average Bonchev–Trinajstić information content (AvgIpc) is 2.80. The van der Waals surface area contributed by atoms with Crippen molar-refractivity contribution in [1.82, 2.24) is 4.31 Å². The number of rotatable bonds is 5. The lowest BCUT2D eigenvalue weighted by atomic mass is 10.2. The molecule has 0 saturated carbocycles. The minimum absolute atomic E-state index is 0.0210. The zero-order valence-electron chi connectivity index (χ0n) is 10.7. The summed E-state index contributed by atoms with van der Waals surface area (Å²) >= 11 is 0. The van der Waals surface area contributed by atoms with Crippen molar-refractivity contribution in [2.45, 2.75) is 31.5 Å². The van der Waals surface area contributed by atoms with E-state index in [9.17, 15) is 13.2 Å². The van der Waals surface area contributed by atoms with Crippen LogP contribution in [-0.2, 0) is 24.3 Å². The van der Waals surface area contributed by atoms with E-state index in [1.807, 2.05) is 0 Å². The van der Waals surface area contributed by atoms with Gasteiger partial charge in [0, 0.05) is 19.7 Å². The third-order valence-electron chi connectivity index (χ3n) is 3.32. The summed E-state index contributed by atoms with van der Waals surface area (Å²) in [7, 11) is -3.40. The fraction of sp³-hybridized carbons (Fsp3) is 0.909. The van der Waals surface area contributed by atoms with E-state index in [2.05, 4.69) is 0 Å². The van der Waals surface area contributed by atoms with Crippen molar-refractivity contribution in [3.63, 3.8) is 0 Å². The molecule has 0 bridgehead atoms. The Labute approximate surface area is 112 Å². The van der Waals surface area contributed by atoms with Gasteiger partial charge in [0.2, 0.25) is 10.0 Å². The SMILES string of the molecule is O=C(O)CC1CN(S(=O)(=O)CC2CCCO2)CCO1. The summed E-state index contributed by atoms with van der Waals surface area (Å²) in [4.78, 5) is 10.6. The number of hydrogen-bond acceptors (Lipinski definition) is 5. The summed E-state index contributed by atoms with van der Waals surface area (Å²) in [5, 5.41) is 8.72. The molecule has 0 amide bonds. The molecule has 0 aromatic heterocycles. The summed E-state index contributed by atoms with van der Waals surface area (Å²) in [5.74, 6) is -1.00. The first-order valence-corrected chi connectivity index (χ1v) is 8.01. The molecule has 0 aromatic carbocycles. The number of carbonyl (C=O) groups is 1. The van der Waals surface area contributed by atoms with Crippen LogP contribution in [0.25, 0.3) is 0 Å². The highest BCUT2D eigenvalue weighted by Gasteiger charge is 2.33. The van der Waals surface area contributed by atoms with E-state index in [-0.39, 0.29) is 38.0 Å². The maximum atomic E-state index is 12.2. The molecule has 2 heterocycles. The normalized spacial score (nSPS) is 29.5. The van der Waals surface area contributed by atoms with Crippen LogP contribution in [0.5, 0.6) is 0 Å². The summed E-state index contributed by atoms with van der Waals surface area (Å²) in [5.41, 5.74) is 0. The number of morpholine rings is 1. The standard InChI is InChI=1S/C11H19NO6S/c13-11(14)6-10-7-12(3-5-18-10)19(15,16)8-9-2-1-4-17-9/h9-10H,1-8H2,(H,13,14). The van der Waals surface area contributed by atoms with E-state index < -0.39 is 22.1 Å². The molecule has 0 aromatic rings.